The van der Waals surface area contributed by atoms with Crippen molar-refractivity contribution < 1.29 is 24.5 Å². The molecule has 6 heteroatoms. The first-order valence-electron chi connectivity index (χ1n) is 44.6. The Morgan fingerprint density at radius 1 is 0.292 bits per heavy atom. The number of ether oxygens (including phenoxy) is 1. The molecule has 0 aromatic heterocycles. The van der Waals surface area contributed by atoms with E-state index >= 15 is 0 Å². The highest BCUT2D eigenvalue weighted by molar-refractivity contribution is 5.76. The van der Waals surface area contributed by atoms with Gasteiger partial charge in [-0.1, -0.05) is 468 Å². The van der Waals surface area contributed by atoms with Crippen LogP contribution in [0.5, 0.6) is 0 Å². The summed E-state index contributed by atoms with van der Waals surface area (Å²) >= 11 is 0. The van der Waals surface area contributed by atoms with E-state index in [1.54, 1.807) is 0 Å². The van der Waals surface area contributed by atoms with E-state index in [0.29, 0.717) is 25.9 Å². The number of unbranched alkanes of at least 4 members (excludes halogenated alkanes) is 70. The van der Waals surface area contributed by atoms with Crippen LogP contribution in [0.25, 0.3) is 0 Å². The zero-order valence-electron chi connectivity index (χ0n) is 65.7. The Morgan fingerprint density at radius 3 is 0.792 bits per heavy atom. The van der Waals surface area contributed by atoms with Gasteiger partial charge in [0.2, 0.25) is 5.91 Å². The highest BCUT2D eigenvalue weighted by Crippen LogP contribution is 2.21. The molecule has 1 amide bonds. The van der Waals surface area contributed by atoms with Crippen molar-refractivity contribution in [1.82, 2.24) is 5.32 Å². The maximum Gasteiger partial charge on any atom is 0.305 e. The van der Waals surface area contributed by atoms with Crippen molar-refractivity contribution in [2.24, 2.45) is 0 Å². The van der Waals surface area contributed by atoms with Gasteiger partial charge in [0.1, 0.15) is 0 Å². The fraction of sp³-hybridized carbons (Fsp3) is 0.933. The van der Waals surface area contributed by atoms with E-state index in [2.05, 4.69) is 43.5 Å². The zero-order chi connectivity index (χ0) is 69.1. The van der Waals surface area contributed by atoms with Crippen LogP contribution in [0.2, 0.25) is 0 Å². The molecule has 6 nitrogen and oxygen atoms in total. The molecule has 0 rings (SSSR count). The smallest absolute Gasteiger partial charge is 0.305 e. The molecular weight excluding hydrogens is 1170 g/mol. The summed E-state index contributed by atoms with van der Waals surface area (Å²) < 4.78 is 5.51. The number of amides is 1. The van der Waals surface area contributed by atoms with Gasteiger partial charge in [-0.3, -0.25) is 9.59 Å². The molecule has 2 atom stereocenters. The van der Waals surface area contributed by atoms with Crippen molar-refractivity contribution in [1.29, 1.82) is 0 Å². The number of aliphatic hydroxyl groups is 2. The first-order valence-corrected chi connectivity index (χ1v) is 44.6. The molecule has 0 radical (unpaired) electrons. The van der Waals surface area contributed by atoms with Crippen LogP contribution in [0.4, 0.5) is 0 Å². The first-order chi connectivity index (χ1) is 47.5. The van der Waals surface area contributed by atoms with Crippen LogP contribution in [-0.4, -0.2) is 47.4 Å². The van der Waals surface area contributed by atoms with Gasteiger partial charge in [-0.15, -0.1) is 0 Å². The number of esters is 1. The maximum atomic E-state index is 12.6. The molecule has 0 bridgehead atoms. The molecule has 96 heavy (non-hydrogen) atoms. The SMILES string of the molecule is CCCCCCCCCCCCCCCCCCCCCCCCCCC(O)C(CO)NC(=O)CCCCCCCCCCCCCCCCCCC/C=C\C/C=C\CCCCCCCCCCCCCCCCCOC(=O)CCCCCCCCCCCCCCCCCC. The molecule has 0 saturated heterocycles. The van der Waals surface area contributed by atoms with Crippen LogP contribution in [0.15, 0.2) is 24.3 Å². The number of allylic oxidation sites excluding steroid dienone is 4. The average Bonchev–Trinajstić information content (AvgIpc) is 2.46. The molecule has 0 spiro atoms. The lowest BCUT2D eigenvalue weighted by atomic mass is 10.0. The van der Waals surface area contributed by atoms with Crippen molar-refractivity contribution in [3.63, 3.8) is 0 Å². The molecule has 570 valence electrons. The standard InChI is InChI=1S/C90H175NO5/c1-3-5-7-9-11-13-15-17-19-21-22-23-24-42-45-48-51-54-58-62-66-70-74-78-82-88(93)87(86-92)91-89(94)83-79-75-71-67-63-59-55-52-49-46-43-40-38-36-34-32-30-28-26-25-27-29-31-33-35-37-39-41-44-47-50-53-57-61-65-69-73-77-81-85-96-90(95)84-80-76-72-68-64-60-56-20-18-16-14-12-10-8-6-4-2/h25-26,29,31,87-88,92-93H,3-24,27-28,30,32-86H2,1-2H3,(H,91,94)/b26-25-,31-29-. The summed E-state index contributed by atoms with van der Waals surface area (Å²) in [6.07, 6.45) is 112. The van der Waals surface area contributed by atoms with Gasteiger partial charge >= 0.3 is 5.97 Å². The predicted octanol–water partition coefficient (Wildman–Crippen LogP) is 29.9. The molecule has 3 N–H and O–H groups in total. The minimum atomic E-state index is -0.664. The fourth-order valence-electron chi connectivity index (χ4n) is 14.5. The molecule has 0 saturated carbocycles. The van der Waals surface area contributed by atoms with Crippen molar-refractivity contribution in [2.75, 3.05) is 13.2 Å². The third-order valence-corrected chi connectivity index (χ3v) is 21.3. The van der Waals surface area contributed by atoms with Crippen molar-refractivity contribution in [2.45, 2.75) is 527 Å². The van der Waals surface area contributed by atoms with Crippen LogP contribution >= 0.6 is 0 Å². The van der Waals surface area contributed by atoms with Gasteiger partial charge < -0.3 is 20.3 Å². The maximum absolute atomic E-state index is 12.6. The van der Waals surface area contributed by atoms with Crippen LogP contribution in [-0.2, 0) is 14.3 Å². The molecule has 0 aliphatic carbocycles. The molecule has 0 aromatic rings. The second-order valence-corrected chi connectivity index (χ2v) is 30.9. The van der Waals surface area contributed by atoms with Gasteiger partial charge in [0.05, 0.1) is 25.4 Å². The van der Waals surface area contributed by atoms with E-state index < -0.39 is 12.1 Å². The Bertz CT molecular complexity index is 1510. The second-order valence-electron chi connectivity index (χ2n) is 30.9. The van der Waals surface area contributed by atoms with Gasteiger partial charge in [-0.25, -0.2) is 0 Å². The topological polar surface area (TPSA) is 95.9 Å². The van der Waals surface area contributed by atoms with Crippen LogP contribution in [0.1, 0.15) is 515 Å². The number of carbonyl (C=O) groups excluding carboxylic acids is 2. The van der Waals surface area contributed by atoms with Crippen LogP contribution in [0, 0.1) is 0 Å². The van der Waals surface area contributed by atoms with Crippen LogP contribution in [0.3, 0.4) is 0 Å². The molecule has 0 aliphatic heterocycles. The molecule has 0 aromatic carbocycles. The summed E-state index contributed by atoms with van der Waals surface area (Å²) in [6.45, 7) is 5.02. The predicted molar refractivity (Wildman–Crippen MR) is 426 cm³/mol. The van der Waals surface area contributed by atoms with Gasteiger partial charge in [0.25, 0.3) is 0 Å². The van der Waals surface area contributed by atoms with E-state index in [-0.39, 0.29) is 18.5 Å². The van der Waals surface area contributed by atoms with E-state index in [1.807, 2.05) is 0 Å². The molecular formula is C90H175NO5. The zero-order valence-corrected chi connectivity index (χ0v) is 65.7. The Kier molecular flexibility index (Phi) is 84.3. The monoisotopic (exact) mass is 1350 g/mol. The summed E-state index contributed by atoms with van der Waals surface area (Å²) in [6, 6.07) is -0.541. The average molecular weight is 1350 g/mol. The molecule has 0 heterocycles. The second kappa shape index (κ2) is 85.8. The third-order valence-electron chi connectivity index (χ3n) is 21.3. The Labute approximate surface area is 602 Å². The summed E-state index contributed by atoms with van der Waals surface area (Å²) in [5.41, 5.74) is 0. The number of nitrogens with one attached hydrogen (secondary N) is 1. The Morgan fingerprint density at radius 2 is 0.521 bits per heavy atom. The quantitative estimate of drug-likeness (QED) is 0.0320. The lowest BCUT2D eigenvalue weighted by Crippen LogP contribution is -2.45. The summed E-state index contributed by atoms with van der Waals surface area (Å²) in [5.74, 6) is -0.000379. The number of hydrogen-bond donors (Lipinski definition) is 3. The minimum absolute atomic E-state index is 0.0251. The lowest BCUT2D eigenvalue weighted by molar-refractivity contribution is -0.143. The molecule has 0 fully saturated rings. The third kappa shape index (κ3) is 81.3. The lowest BCUT2D eigenvalue weighted by Gasteiger charge is -2.22. The number of rotatable bonds is 85. The van der Waals surface area contributed by atoms with Gasteiger partial charge in [-0.05, 0) is 57.8 Å². The van der Waals surface area contributed by atoms with Gasteiger partial charge in [0.15, 0.2) is 0 Å². The normalized spacial score (nSPS) is 12.5. The summed E-state index contributed by atoms with van der Waals surface area (Å²) in [4.78, 5) is 24.7. The number of carbonyl (C=O) groups is 2. The van der Waals surface area contributed by atoms with Gasteiger partial charge in [-0.2, -0.15) is 0 Å². The Balaban J connectivity index is 3.35. The number of hydrogen-bond acceptors (Lipinski definition) is 5. The minimum Gasteiger partial charge on any atom is -0.466 e. The fourth-order valence-corrected chi connectivity index (χ4v) is 14.5. The van der Waals surface area contributed by atoms with Crippen LogP contribution < -0.4 is 5.32 Å². The van der Waals surface area contributed by atoms with E-state index in [0.717, 1.165) is 44.9 Å². The van der Waals surface area contributed by atoms with Crippen molar-refractivity contribution in [3.8, 4) is 0 Å². The summed E-state index contributed by atoms with van der Waals surface area (Å²) in [7, 11) is 0. The first kappa shape index (κ1) is 94.3. The Hall–Kier alpha value is -1.66. The highest BCUT2D eigenvalue weighted by atomic mass is 16.5. The van der Waals surface area contributed by atoms with E-state index in [4.69, 9.17) is 4.74 Å². The number of aliphatic hydroxyl groups excluding tert-OH is 2. The van der Waals surface area contributed by atoms with E-state index in [9.17, 15) is 19.8 Å². The highest BCUT2D eigenvalue weighted by Gasteiger charge is 2.20. The largest absolute Gasteiger partial charge is 0.466 e. The van der Waals surface area contributed by atoms with Crippen molar-refractivity contribution in [3.05, 3.63) is 24.3 Å². The van der Waals surface area contributed by atoms with Crippen molar-refractivity contribution >= 4 is 11.9 Å². The van der Waals surface area contributed by atoms with Gasteiger partial charge in [0, 0.05) is 12.8 Å². The molecule has 2 unspecified atom stereocenters. The summed E-state index contributed by atoms with van der Waals surface area (Å²) in [5, 5.41) is 23.5. The molecule has 0 aliphatic rings. The van der Waals surface area contributed by atoms with E-state index in [1.165, 1.54) is 437 Å².